The van der Waals surface area contributed by atoms with Crippen molar-refractivity contribution in [2.45, 2.75) is 32.5 Å². The lowest BCUT2D eigenvalue weighted by Gasteiger charge is -2.12. The van der Waals surface area contributed by atoms with Crippen molar-refractivity contribution in [3.05, 3.63) is 48.0 Å². The Kier molecular flexibility index (Phi) is 6.22. The minimum Gasteiger partial charge on any atom is -0.494 e. The monoisotopic (exact) mass is 360 g/mol. The van der Waals surface area contributed by atoms with Gasteiger partial charge < -0.3 is 9.47 Å². The van der Waals surface area contributed by atoms with Crippen LogP contribution in [0, 0.1) is 11.6 Å². The zero-order chi connectivity index (χ0) is 18.4. The Labute approximate surface area is 142 Å². The molecular weight excluding hydrogens is 343 g/mol. The fourth-order valence-corrected chi connectivity index (χ4v) is 2.23. The molecule has 0 atom stereocenters. The lowest BCUT2D eigenvalue weighted by atomic mass is 10.0. The summed E-state index contributed by atoms with van der Waals surface area (Å²) in [5.74, 6) is -3.71. The van der Waals surface area contributed by atoms with E-state index in [0.29, 0.717) is 17.9 Å². The van der Waals surface area contributed by atoms with Gasteiger partial charge in [0.1, 0.15) is 5.75 Å². The van der Waals surface area contributed by atoms with Crippen molar-refractivity contribution in [2.75, 3.05) is 6.61 Å². The van der Waals surface area contributed by atoms with E-state index >= 15 is 0 Å². The van der Waals surface area contributed by atoms with Crippen molar-refractivity contribution in [1.82, 2.24) is 0 Å². The van der Waals surface area contributed by atoms with Crippen LogP contribution >= 0.6 is 0 Å². The van der Waals surface area contributed by atoms with Gasteiger partial charge in [-0.05, 0) is 36.2 Å². The molecule has 0 aliphatic rings. The fraction of sp³-hybridized carbons (Fsp3) is 0.333. The second-order valence-corrected chi connectivity index (χ2v) is 5.37. The van der Waals surface area contributed by atoms with Gasteiger partial charge >= 0.3 is 6.36 Å². The molecule has 0 aliphatic carbocycles. The van der Waals surface area contributed by atoms with Crippen LogP contribution in [0.2, 0.25) is 0 Å². The van der Waals surface area contributed by atoms with E-state index in [4.69, 9.17) is 4.74 Å². The van der Waals surface area contributed by atoms with Gasteiger partial charge in [0.15, 0.2) is 11.6 Å². The molecule has 0 N–H and O–H groups in total. The highest BCUT2D eigenvalue weighted by molar-refractivity contribution is 5.66. The van der Waals surface area contributed by atoms with Crippen LogP contribution in [0.5, 0.6) is 11.5 Å². The Morgan fingerprint density at radius 1 is 0.880 bits per heavy atom. The third-order valence-corrected chi connectivity index (χ3v) is 3.45. The molecule has 136 valence electrons. The predicted molar refractivity (Wildman–Crippen MR) is 83.5 cm³/mol. The molecule has 0 saturated carbocycles. The van der Waals surface area contributed by atoms with Gasteiger partial charge in [0.05, 0.1) is 6.61 Å². The number of alkyl halides is 3. The molecule has 0 amide bonds. The largest absolute Gasteiger partial charge is 0.573 e. The smallest absolute Gasteiger partial charge is 0.494 e. The SMILES string of the molecule is CCCCCOc1ccc(-c2ccc(OC(F)(F)F)c(F)c2F)cc1. The highest BCUT2D eigenvalue weighted by Crippen LogP contribution is 2.33. The maximum Gasteiger partial charge on any atom is 0.573 e. The lowest BCUT2D eigenvalue weighted by Crippen LogP contribution is -2.18. The molecule has 7 heteroatoms. The lowest BCUT2D eigenvalue weighted by molar-refractivity contribution is -0.275. The second kappa shape index (κ2) is 8.18. The van der Waals surface area contributed by atoms with Gasteiger partial charge in [0, 0.05) is 5.56 Å². The summed E-state index contributed by atoms with van der Waals surface area (Å²) in [6.45, 7) is 2.63. The topological polar surface area (TPSA) is 18.5 Å². The number of hydrogen-bond acceptors (Lipinski definition) is 2. The highest BCUT2D eigenvalue weighted by atomic mass is 19.4. The first-order valence-corrected chi connectivity index (χ1v) is 7.79. The van der Waals surface area contributed by atoms with Crippen LogP contribution in [-0.4, -0.2) is 13.0 Å². The van der Waals surface area contributed by atoms with Crippen LogP contribution in [0.1, 0.15) is 26.2 Å². The number of ether oxygens (including phenoxy) is 2. The van der Waals surface area contributed by atoms with Crippen molar-refractivity contribution in [1.29, 1.82) is 0 Å². The molecule has 0 radical (unpaired) electrons. The van der Waals surface area contributed by atoms with Gasteiger partial charge in [-0.25, -0.2) is 4.39 Å². The molecule has 0 fully saturated rings. The Morgan fingerprint density at radius 2 is 1.56 bits per heavy atom. The average Bonchev–Trinajstić information content (AvgIpc) is 2.56. The van der Waals surface area contributed by atoms with Crippen molar-refractivity contribution >= 4 is 0 Å². The molecule has 2 rings (SSSR count). The zero-order valence-electron chi connectivity index (χ0n) is 13.5. The maximum absolute atomic E-state index is 14.1. The minimum atomic E-state index is -5.09. The first-order chi connectivity index (χ1) is 11.8. The van der Waals surface area contributed by atoms with E-state index in [9.17, 15) is 22.0 Å². The van der Waals surface area contributed by atoms with Crippen LogP contribution in [0.15, 0.2) is 36.4 Å². The summed E-state index contributed by atoms with van der Waals surface area (Å²) < 4.78 is 73.2. The molecule has 0 aliphatic heterocycles. The third-order valence-electron chi connectivity index (χ3n) is 3.45. The summed E-state index contributed by atoms with van der Waals surface area (Å²) in [6, 6.07) is 8.00. The van der Waals surface area contributed by atoms with Crippen molar-refractivity contribution in [2.24, 2.45) is 0 Å². The third kappa shape index (κ3) is 5.34. The summed E-state index contributed by atoms with van der Waals surface area (Å²) in [4.78, 5) is 0. The molecule has 0 bridgehead atoms. The van der Waals surface area contributed by atoms with E-state index in [1.807, 2.05) is 0 Å². The Bertz CT molecular complexity index is 696. The Morgan fingerprint density at radius 3 is 2.16 bits per heavy atom. The first kappa shape index (κ1) is 19.0. The van der Waals surface area contributed by atoms with Gasteiger partial charge in [-0.3, -0.25) is 0 Å². The fourth-order valence-electron chi connectivity index (χ4n) is 2.23. The number of halogens is 5. The predicted octanol–water partition coefficient (Wildman–Crippen LogP) is 6.10. The standard InChI is InChI=1S/C18H17F5O2/c1-2-3-4-11-24-13-7-5-12(6-8-13)14-9-10-15(17(20)16(14)19)25-18(21,22)23/h5-10H,2-4,11H2,1H3. The molecule has 0 spiro atoms. The summed E-state index contributed by atoms with van der Waals surface area (Å²) in [7, 11) is 0. The molecule has 0 saturated heterocycles. The van der Waals surface area contributed by atoms with Crippen LogP contribution in [0.3, 0.4) is 0 Å². The first-order valence-electron chi connectivity index (χ1n) is 7.79. The molecule has 2 nitrogen and oxygen atoms in total. The normalized spacial score (nSPS) is 11.4. The molecule has 2 aromatic rings. The summed E-state index contributed by atoms with van der Waals surface area (Å²) >= 11 is 0. The van der Waals surface area contributed by atoms with Crippen LogP contribution < -0.4 is 9.47 Å². The summed E-state index contributed by atoms with van der Waals surface area (Å²) in [5, 5.41) is 0. The van der Waals surface area contributed by atoms with Gasteiger partial charge in [-0.1, -0.05) is 31.9 Å². The number of unbranched alkanes of at least 4 members (excludes halogenated alkanes) is 2. The minimum absolute atomic E-state index is 0.162. The van der Waals surface area contributed by atoms with Gasteiger partial charge in [0.25, 0.3) is 0 Å². The number of benzene rings is 2. The van der Waals surface area contributed by atoms with Crippen molar-refractivity contribution in [3.63, 3.8) is 0 Å². The molecular formula is C18H17F5O2. The van der Waals surface area contributed by atoms with E-state index in [0.717, 1.165) is 31.4 Å². The van der Waals surface area contributed by atoms with Gasteiger partial charge in [0.2, 0.25) is 5.82 Å². The van der Waals surface area contributed by atoms with Crippen molar-refractivity contribution in [3.8, 4) is 22.6 Å². The molecule has 25 heavy (non-hydrogen) atoms. The number of rotatable bonds is 7. The molecule has 0 unspecified atom stereocenters. The summed E-state index contributed by atoms with van der Waals surface area (Å²) in [5.41, 5.74) is 0.153. The van der Waals surface area contributed by atoms with Crippen LogP contribution in [-0.2, 0) is 0 Å². The molecule has 2 aromatic carbocycles. The molecule has 0 aromatic heterocycles. The summed E-state index contributed by atoms with van der Waals surface area (Å²) in [6.07, 6.45) is -2.06. The highest BCUT2D eigenvalue weighted by Gasteiger charge is 2.33. The van der Waals surface area contributed by atoms with Crippen LogP contribution in [0.25, 0.3) is 11.1 Å². The maximum atomic E-state index is 14.1. The second-order valence-electron chi connectivity index (χ2n) is 5.37. The Hall–Kier alpha value is -2.31. The van der Waals surface area contributed by atoms with Gasteiger partial charge in [-0.15, -0.1) is 13.2 Å². The van der Waals surface area contributed by atoms with Crippen LogP contribution in [0.4, 0.5) is 22.0 Å². The van der Waals surface area contributed by atoms with E-state index in [2.05, 4.69) is 11.7 Å². The zero-order valence-corrected chi connectivity index (χ0v) is 13.5. The molecule has 0 heterocycles. The van der Waals surface area contributed by atoms with E-state index in [1.54, 1.807) is 12.1 Å². The average molecular weight is 360 g/mol. The van der Waals surface area contributed by atoms with E-state index in [-0.39, 0.29) is 5.56 Å². The Balaban J connectivity index is 2.14. The number of hydrogen-bond donors (Lipinski definition) is 0. The van der Waals surface area contributed by atoms with E-state index in [1.165, 1.54) is 12.1 Å². The quantitative estimate of drug-likeness (QED) is 0.439. The van der Waals surface area contributed by atoms with Gasteiger partial charge in [-0.2, -0.15) is 4.39 Å². The van der Waals surface area contributed by atoms with Crippen molar-refractivity contribution < 1.29 is 31.4 Å². The van der Waals surface area contributed by atoms with E-state index < -0.39 is 23.7 Å².